The van der Waals surface area contributed by atoms with Crippen LogP contribution in [-0.2, 0) is 6.54 Å². The van der Waals surface area contributed by atoms with Gasteiger partial charge in [-0.25, -0.2) is 4.98 Å². The fourth-order valence-electron chi connectivity index (χ4n) is 3.61. The van der Waals surface area contributed by atoms with Gasteiger partial charge >= 0.3 is 0 Å². The number of hydrogen-bond donors (Lipinski definition) is 1. The molecule has 30 heavy (non-hydrogen) atoms. The second-order valence-corrected chi connectivity index (χ2v) is 8.93. The van der Waals surface area contributed by atoms with Crippen molar-refractivity contribution < 1.29 is 4.79 Å². The first-order valence-corrected chi connectivity index (χ1v) is 10.9. The van der Waals surface area contributed by atoms with Gasteiger partial charge in [-0.2, -0.15) is 4.52 Å². The van der Waals surface area contributed by atoms with E-state index in [-0.39, 0.29) is 5.56 Å². The van der Waals surface area contributed by atoms with E-state index in [0.29, 0.717) is 17.4 Å². The number of fused-ring (bicyclic) bond motifs is 1. The lowest BCUT2D eigenvalue weighted by atomic mass is 10.0. The molecule has 3 heterocycles. The van der Waals surface area contributed by atoms with Crippen LogP contribution in [-0.4, -0.2) is 47.7 Å². The van der Waals surface area contributed by atoms with Gasteiger partial charge in [0, 0.05) is 45.6 Å². The second-order valence-electron chi connectivity index (χ2n) is 7.99. The summed E-state index contributed by atoms with van der Waals surface area (Å²) < 4.78 is 1.25. The van der Waals surface area contributed by atoms with E-state index in [2.05, 4.69) is 27.2 Å². The van der Waals surface area contributed by atoms with E-state index >= 15 is 0 Å². The molecule has 1 fully saturated rings. The van der Waals surface area contributed by atoms with Crippen molar-refractivity contribution >= 4 is 33.0 Å². The normalized spacial score (nSPS) is 16.6. The number of aromatic nitrogens is 3. The molecule has 158 valence electrons. The molecular formula is C21H26N6O2S. The molecule has 8 nitrogen and oxygen atoms in total. The number of benzene rings is 1. The first kappa shape index (κ1) is 20.3. The highest BCUT2D eigenvalue weighted by molar-refractivity contribution is 7.20. The Bertz CT molecular complexity index is 1100. The summed E-state index contributed by atoms with van der Waals surface area (Å²) in [6.45, 7) is 4.41. The van der Waals surface area contributed by atoms with Crippen LogP contribution < -0.4 is 20.7 Å². The largest absolute Gasteiger partial charge is 0.378 e. The van der Waals surface area contributed by atoms with Gasteiger partial charge in [0.25, 0.3) is 11.5 Å². The molecule has 9 heteroatoms. The van der Waals surface area contributed by atoms with Crippen LogP contribution in [0, 0.1) is 5.92 Å². The predicted octanol–water partition coefficient (Wildman–Crippen LogP) is 2.38. The van der Waals surface area contributed by atoms with Crippen LogP contribution in [0.2, 0.25) is 0 Å². The van der Waals surface area contributed by atoms with Gasteiger partial charge in [0.1, 0.15) is 5.56 Å². The minimum atomic E-state index is -0.445. The fraction of sp³-hybridized carbons (Fsp3) is 0.429. The van der Waals surface area contributed by atoms with Crippen LogP contribution >= 0.6 is 11.3 Å². The Morgan fingerprint density at radius 3 is 2.77 bits per heavy atom. The molecule has 1 atom stereocenters. The fourth-order valence-corrected chi connectivity index (χ4v) is 4.51. The third-order valence-electron chi connectivity index (χ3n) is 5.35. The van der Waals surface area contributed by atoms with E-state index in [1.165, 1.54) is 28.5 Å². The molecule has 4 rings (SSSR count). The average Bonchev–Trinajstić information content (AvgIpc) is 3.18. The van der Waals surface area contributed by atoms with Gasteiger partial charge in [-0.05, 0) is 36.5 Å². The van der Waals surface area contributed by atoms with E-state index in [4.69, 9.17) is 0 Å². The first-order chi connectivity index (χ1) is 14.4. The Kier molecular flexibility index (Phi) is 5.72. The predicted molar refractivity (Wildman–Crippen MR) is 120 cm³/mol. The zero-order valence-electron chi connectivity index (χ0n) is 17.5. The van der Waals surface area contributed by atoms with Crippen LogP contribution in [0.5, 0.6) is 0 Å². The highest BCUT2D eigenvalue weighted by Gasteiger charge is 2.22. The summed E-state index contributed by atoms with van der Waals surface area (Å²) in [5, 5.41) is 8.05. The summed E-state index contributed by atoms with van der Waals surface area (Å²) >= 11 is 1.39. The number of nitrogens with one attached hydrogen (secondary N) is 1. The summed E-state index contributed by atoms with van der Waals surface area (Å²) in [4.78, 5) is 34.5. The van der Waals surface area contributed by atoms with Gasteiger partial charge in [-0.3, -0.25) is 9.59 Å². The van der Waals surface area contributed by atoms with Crippen LogP contribution in [0.15, 0.2) is 35.3 Å². The Hall–Kier alpha value is -2.94. The molecule has 1 aromatic carbocycles. The molecule has 1 aliphatic rings. The summed E-state index contributed by atoms with van der Waals surface area (Å²) in [6, 6.07) is 7.89. The van der Waals surface area contributed by atoms with Gasteiger partial charge in [-0.1, -0.05) is 30.4 Å². The Morgan fingerprint density at radius 1 is 1.30 bits per heavy atom. The maximum absolute atomic E-state index is 12.8. The lowest BCUT2D eigenvalue weighted by Gasteiger charge is -2.30. The third kappa shape index (κ3) is 4.16. The summed E-state index contributed by atoms with van der Waals surface area (Å²) in [5.74, 6) is 0.156. The van der Waals surface area contributed by atoms with E-state index in [1.54, 1.807) is 0 Å². The minimum Gasteiger partial charge on any atom is -0.378 e. The number of carbonyl (C=O) groups is 1. The van der Waals surface area contributed by atoms with E-state index in [0.717, 1.165) is 35.9 Å². The summed E-state index contributed by atoms with van der Waals surface area (Å²) in [6.07, 6.45) is 3.67. The zero-order valence-corrected chi connectivity index (χ0v) is 18.3. The molecule has 0 spiro atoms. The highest BCUT2D eigenvalue weighted by Crippen LogP contribution is 2.26. The molecule has 0 saturated carbocycles. The Labute approximate surface area is 179 Å². The maximum Gasteiger partial charge on any atom is 0.288 e. The van der Waals surface area contributed by atoms with Gasteiger partial charge in [0.05, 0.1) is 0 Å². The number of carbonyl (C=O) groups excluding carboxylic acids is 1. The zero-order chi connectivity index (χ0) is 21.3. The van der Waals surface area contributed by atoms with Crippen molar-refractivity contribution in [1.29, 1.82) is 0 Å². The van der Waals surface area contributed by atoms with E-state index in [9.17, 15) is 9.59 Å². The van der Waals surface area contributed by atoms with Crippen molar-refractivity contribution in [3.63, 3.8) is 0 Å². The molecule has 1 aliphatic heterocycles. The molecule has 0 aliphatic carbocycles. The second kappa shape index (κ2) is 8.43. The molecule has 1 unspecified atom stereocenters. The van der Waals surface area contributed by atoms with Crippen LogP contribution in [0.4, 0.5) is 10.8 Å². The minimum absolute atomic E-state index is 0.00118. The highest BCUT2D eigenvalue weighted by atomic mass is 32.1. The third-order valence-corrected chi connectivity index (χ3v) is 6.34. The molecule has 0 radical (unpaired) electrons. The number of amides is 1. The number of nitrogens with zero attached hydrogens (tertiary/aromatic N) is 5. The Balaban J connectivity index is 1.50. The lowest BCUT2D eigenvalue weighted by molar-refractivity contribution is 0.0948. The van der Waals surface area contributed by atoms with E-state index in [1.807, 2.05) is 43.3 Å². The SMILES string of the molecule is CC1CCCN(c2nn3c(=O)c(C(=O)NCc4ccc(N(C)C)cc4)cnc3s2)C1. The lowest BCUT2D eigenvalue weighted by Crippen LogP contribution is -2.34. The van der Waals surface area contributed by atoms with Crippen molar-refractivity contribution in [2.75, 3.05) is 37.0 Å². The quantitative estimate of drug-likeness (QED) is 0.675. The van der Waals surface area contributed by atoms with Gasteiger partial charge in [0.2, 0.25) is 10.1 Å². The van der Waals surface area contributed by atoms with Crippen molar-refractivity contribution in [2.45, 2.75) is 26.3 Å². The molecule has 1 saturated heterocycles. The first-order valence-electron chi connectivity index (χ1n) is 10.1. The van der Waals surface area contributed by atoms with Crippen molar-refractivity contribution in [3.8, 4) is 0 Å². The monoisotopic (exact) mass is 426 g/mol. The average molecular weight is 427 g/mol. The number of rotatable bonds is 5. The number of anilines is 2. The van der Waals surface area contributed by atoms with Crippen LogP contribution in [0.25, 0.3) is 4.96 Å². The topological polar surface area (TPSA) is 82.8 Å². The van der Waals surface area contributed by atoms with Crippen molar-refractivity contribution in [1.82, 2.24) is 19.9 Å². The molecule has 2 aromatic heterocycles. The van der Waals surface area contributed by atoms with Gasteiger partial charge < -0.3 is 15.1 Å². The maximum atomic E-state index is 12.8. The summed E-state index contributed by atoms with van der Waals surface area (Å²) in [7, 11) is 3.95. The number of hydrogen-bond acceptors (Lipinski definition) is 7. The summed E-state index contributed by atoms with van der Waals surface area (Å²) in [5.41, 5.74) is 1.60. The van der Waals surface area contributed by atoms with Crippen LogP contribution in [0.3, 0.4) is 0 Å². The van der Waals surface area contributed by atoms with Gasteiger partial charge in [-0.15, -0.1) is 5.10 Å². The molecule has 1 N–H and O–H groups in total. The Morgan fingerprint density at radius 2 is 2.07 bits per heavy atom. The molecular weight excluding hydrogens is 400 g/mol. The molecule has 0 bridgehead atoms. The molecule has 3 aromatic rings. The van der Waals surface area contributed by atoms with Crippen molar-refractivity contribution in [2.24, 2.45) is 5.92 Å². The van der Waals surface area contributed by atoms with Crippen LogP contribution in [0.1, 0.15) is 35.7 Å². The molecule has 1 amide bonds. The van der Waals surface area contributed by atoms with Crippen molar-refractivity contribution in [3.05, 3.63) is 51.9 Å². The van der Waals surface area contributed by atoms with E-state index < -0.39 is 11.5 Å². The number of piperidine rings is 1. The standard InChI is InChI=1S/C21H26N6O2S/c1-14-5-4-10-26(13-14)21-24-27-19(29)17(12-23-20(27)30-21)18(28)22-11-15-6-8-16(9-7-15)25(2)3/h6-9,12,14H,4-5,10-11,13H2,1-3H3,(H,22,28). The van der Waals surface area contributed by atoms with Gasteiger partial charge in [0.15, 0.2) is 0 Å². The smallest absolute Gasteiger partial charge is 0.288 e.